The maximum absolute atomic E-state index is 11.9. The molecule has 18 heavy (non-hydrogen) atoms. The molecule has 1 atom stereocenters. The van der Waals surface area contributed by atoms with Gasteiger partial charge in [0.1, 0.15) is 6.04 Å². The molecule has 1 saturated heterocycles. The molecule has 0 amide bonds. The Morgan fingerprint density at radius 3 is 2.67 bits per heavy atom. The van der Waals surface area contributed by atoms with Gasteiger partial charge in [-0.3, -0.25) is 4.79 Å². The number of aliphatic carboxylic acids is 1. The summed E-state index contributed by atoms with van der Waals surface area (Å²) in [6.07, 6.45) is 0.752. The van der Waals surface area contributed by atoms with Gasteiger partial charge in [-0.25, -0.2) is 0 Å². The van der Waals surface area contributed by atoms with E-state index in [9.17, 15) is 13.2 Å². The van der Waals surface area contributed by atoms with Crippen molar-refractivity contribution in [3.8, 4) is 0 Å². The summed E-state index contributed by atoms with van der Waals surface area (Å²) in [7, 11) is -1.71. The van der Waals surface area contributed by atoms with Gasteiger partial charge in [0.25, 0.3) is 10.2 Å². The number of rotatable bonds is 5. The molecule has 106 valence electrons. The Kier molecular flexibility index (Phi) is 5.47. The van der Waals surface area contributed by atoms with Crippen molar-refractivity contribution in [1.29, 1.82) is 0 Å². The van der Waals surface area contributed by atoms with E-state index in [-0.39, 0.29) is 6.54 Å². The molecule has 0 bridgehead atoms. The van der Waals surface area contributed by atoms with Crippen LogP contribution in [0, 0.1) is 0 Å². The van der Waals surface area contributed by atoms with Gasteiger partial charge in [-0.1, -0.05) is 0 Å². The lowest BCUT2D eigenvalue weighted by Gasteiger charge is -2.21. The maximum Gasteiger partial charge on any atom is 0.321 e. The van der Waals surface area contributed by atoms with Crippen LogP contribution in [0.4, 0.5) is 0 Å². The molecule has 0 aromatic carbocycles. The van der Waals surface area contributed by atoms with E-state index < -0.39 is 22.2 Å². The molecule has 1 fully saturated rings. The third-order valence-electron chi connectivity index (χ3n) is 2.82. The number of hydrogen-bond acceptors (Lipinski definition) is 5. The fourth-order valence-electron chi connectivity index (χ4n) is 1.64. The Balaban J connectivity index is 2.54. The zero-order chi connectivity index (χ0) is 13.8. The summed E-state index contributed by atoms with van der Waals surface area (Å²) >= 11 is 0. The largest absolute Gasteiger partial charge is 0.480 e. The molecule has 0 aliphatic carbocycles. The highest BCUT2D eigenvalue weighted by Gasteiger charge is 2.25. The van der Waals surface area contributed by atoms with Crippen LogP contribution in [0.3, 0.4) is 0 Å². The van der Waals surface area contributed by atoms with Crippen LogP contribution in [0.2, 0.25) is 0 Å². The first kappa shape index (κ1) is 15.3. The first-order valence-electron chi connectivity index (χ1n) is 5.74. The predicted octanol–water partition coefficient (Wildman–Crippen LogP) is -2.13. The Morgan fingerprint density at radius 1 is 1.39 bits per heavy atom. The Labute approximate surface area is 107 Å². The number of hydrogen-bond donors (Lipinski definition) is 3. The molecule has 1 aliphatic rings. The lowest BCUT2D eigenvalue weighted by Crippen LogP contribution is -2.48. The second-order valence-corrected chi connectivity index (χ2v) is 6.11. The number of carboxylic acid groups (broad SMARTS) is 1. The molecule has 1 heterocycles. The lowest BCUT2D eigenvalue weighted by molar-refractivity contribution is -0.138. The van der Waals surface area contributed by atoms with Gasteiger partial charge in [0.15, 0.2) is 0 Å². The standard InChI is InChI=1S/C9H20N4O4S/c1-12-3-2-4-13(6-5-12)18(16,17)11-7-8(10)9(14)15/h8,11H,2-7,10H2,1H3,(H,14,15). The van der Waals surface area contributed by atoms with Crippen molar-refractivity contribution in [2.75, 3.05) is 39.8 Å². The van der Waals surface area contributed by atoms with Crippen LogP contribution >= 0.6 is 0 Å². The van der Waals surface area contributed by atoms with Crippen LogP contribution in [0.1, 0.15) is 6.42 Å². The minimum absolute atomic E-state index is 0.302. The summed E-state index contributed by atoms with van der Waals surface area (Å²) in [6, 6.07) is -1.23. The van der Waals surface area contributed by atoms with Crippen LogP contribution in [0.5, 0.6) is 0 Å². The lowest BCUT2D eigenvalue weighted by atomic mass is 10.3. The van der Waals surface area contributed by atoms with E-state index >= 15 is 0 Å². The van der Waals surface area contributed by atoms with Gasteiger partial charge in [-0.15, -0.1) is 0 Å². The summed E-state index contributed by atoms with van der Waals surface area (Å²) in [4.78, 5) is 12.6. The number of nitrogens with two attached hydrogens (primary N) is 1. The van der Waals surface area contributed by atoms with Crippen molar-refractivity contribution < 1.29 is 18.3 Å². The second-order valence-electron chi connectivity index (χ2n) is 4.35. The molecule has 1 unspecified atom stereocenters. The third-order valence-corrected chi connectivity index (χ3v) is 4.40. The van der Waals surface area contributed by atoms with Crippen LogP contribution in [0.15, 0.2) is 0 Å². The van der Waals surface area contributed by atoms with E-state index in [1.807, 2.05) is 7.05 Å². The second kappa shape index (κ2) is 6.43. The van der Waals surface area contributed by atoms with Crippen molar-refractivity contribution in [2.45, 2.75) is 12.5 Å². The monoisotopic (exact) mass is 280 g/mol. The van der Waals surface area contributed by atoms with E-state index in [0.29, 0.717) is 19.6 Å². The fraction of sp³-hybridized carbons (Fsp3) is 0.889. The normalized spacial score (nSPS) is 21.4. The summed E-state index contributed by atoms with van der Waals surface area (Å²) in [5.74, 6) is -1.23. The summed E-state index contributed by atoms with van der Waals surface area (Å²) < 4.78 is 27.4. The van der Waals surface area contributed by atoms with Crippen LogP contribution in [-0.2, 0) is 15.0 Å². The van der Waals surface area contributed by atoms with Gasteiger partial charge in [-0.2, -0.15) is 17.4 Å². The zero-order valence-electron chi connectivity index (χ0n) is 10.4. The van der Waals surface area contributed by atoms with Crippen molar-refractivity contribution in [2.24, 2.45) is 5.73 Å². The van der Waals surface area contributed by atoms with Crippen LogP contribution < -0.4 is 10.5 Å². The smallest absolute Gasteiger partial charge is 0.321 e. The molecule has 0 spiro atoms. The fourth-order valence-corrected chi connectivity index (χ4v) is 2.90. The summed E-state index contributed by atoms with van der Waals surface area (Å²) in [5, 5.41) is 8.59. The molecule has 0 aromatic rings. The van der Waals surface area contributed by atoms with E-state index in [1.54, 1.807) is 0 Å². The summed E-state index contributed by atoms with van der Waals surface area (Å²) in [6.45, 7) is 2.03. The molecule has 0 aromatic heterocycles. The minimum Gasteiger partial charge on any atom is -0.480 e. The number of nitrogens with zero attached hydrogens (tertiary/aromatic N) is 2. The quantitative estimate of drug-likeness (QED) is 0.530. The van der Waals surface area contributed by atoms with E-state index in [2.05, 4.69) is 9.62 Å². The number of carbonyl (C=O) groups is 1. The molecule has 9 heteroatoms. The van der Waals surface area contributed by atoms with E-state index in [4.69, 9.17) is 10.8 Å². The highest BCUT2D eigenvalue weighted by Crippen LogP contribution is 2.05. The van der Waals surface area contributed by atoms with Gasteiger partial charge in [0, 0.05) is 26.2 Å². The van der Waals surface area contributed by atoms with Crippen molar-refractivity contribution >= 4 is 16.2 Å². The first-order valence-corrected chi connectivity index (χ1v) is 7.18. The van der Waals surface area contributed by atoms with Crippen LogP contribution in [0.25, 0.3) is 0 Å². The highest BCUT2D eigenvalue weighted by molar-refractivity contribution is 7.87. The average molecular weight is 280 g/mol. The molecule has 1 aliphatic heterocycles. The van der Waals surface area contributed by atoms with Crippen LogP contribution in [-0.4, -0.2) is 74.5 Å². The number of carboxylic acids is 1. The SMILES string of the molecule is CN1CCCN(S(=O)(=O)NCC(N)C(=O)O)CC1. The minimum atomic E-state index is -3.65. The zero-order valence-corrected chi connectivity index (χ0v) is 11.2. The highest BCUT2D eigenvalue weighted by atomic mass is 32.2. The van der Waals surface area contributed by atoms with Gasteiger partial charge < -0.3 is 15.7 Å². The van der Waals surface area contributed by atoms with Gasteiger partial charge in [0.2, 0.25) is 0 Å². The molecule has 1 rings (SSSR count). The number of likely N-dealkylation sites (N-methyl/N-ethyl adjacent to an activating group) is 1. The summed E-state index contributed by atoms with van der Waals surface area (Å²) in [5.41, 5.74) is 5.25. The molecule has 8 nitrogen and oxygen atoms in total. The van der Waals surface area contributed by atoms with Gasteiger partial charge >= 0.3 is 5.97 Å². The molecule has 0 radical (unpaired) electrons. The van der Waals surface area contributed by atoms with E-state index in [1.165, 1.54) is 4.31 Å². The molecular weight excluding hydrogens is 260 g/mol. The van der Waals surface area contributed by atoms with Crippen molar-refractivity contribution in [3.05, 3.63) is 0 Å². The predicted molar refractivity (Wildman–Crippen MR) is 66.2 cm³/mol. The Bertz CT molecular complexity index is 386. The Morgan fingerprint density at radius 2 is 2.06 bits per heavy atom. The maximum atomic E-state index is 11.9. The topological polar surface area (TPSA) is 116 Å². The third kappa shape index (κ3) is 4.50. The van der Waals surface area contributed by atoms with Gasteiger partial charge in [-0.05, 0) is 20.0 Å². The molecular formula is C9H20N4O4S. The average Bonchev–Trinajstić information content (AvgIpc) is 2.51. The first-order chi connectivity index (χ1) is 8.33. The Hall–Kier alpha value is -0.740. The number of nitrogens with one attached hydrogen (secondary N) is 1. The van der Waals surface area contributed by atoms with Gasteiger partial charge in [0.05, 0.1) is 0 Å². The van der Waals surface area contributed by atoms with E-state index in [0.717, 1.165) is 13.0 Å². The molecule has 4 N–H and O–H groups in total. The van der Waals surface area contributed by atoms with Crippen molar-refractivity contribution in [3.63, 3.8) is 0 Å². The van der Waals surface area contributed by atoms with Crippen molar-refractivity contribution in [1.82, 2.24) is 13.9 Å². The molecule has 0 saturated carbocycles.